The second-order valence-electron chi connectivity index (χ2n) is 5.34. The van der Waals surface area contributed by atoms with Crippen molar-refractivity contribution in [3.63, 3.8) is 0 Å². The molecular formula is C15H20N2O5. The predicted octanol–water partition coefficient (Wildman–Crippen LogP) is 2.46. The Balaban J connectivity index is 3.10. The molecule has 0 aromatic heterocycles. The second kappa shape index (κ2) is 7.02. The van der Waals surface area contributed by atoms with Gasteiger partial charge in [-0.15, -0.1) is 0 Å². The first-order valence-corrected chi connectivity index (χ1v) is 6.89. The molecule has 0 bridgehead atoms. The van der Waals surface area contributed by atoms with E-state index in [2.05, 4.69) is 0 Å². The summed E-state index contributed by atoms with van der Waals surface area (Å²) < 4.78 is 0. The van der Waals surface area contributed by atoms with Gasteiger partial charge >= 0.3 is 5.97 Å². The van der Waals surface area contributed by atoms with Crippen LogP contribution < -0.4 is 0 Å². The van der Waals surface area contributed by atoms with Crippen LogP contribution in [-0.4, -0.2) is 40.4 Å². The van der Waals surface area contributed by atoms with Crippen molar-refractivity contribution >= 4 is 17.6 Å². The fourth-order valence-electron chi connectivity index (χ4n) is 2.55. The molecule has 7 heteroatoms. The summed E-state index contributed by atoms with van der Waals surface area (Å²) in [4.78, 5) is 35.1. The topological polar surface area (TPSA) is 101 Å². The van der Waals surface area contributed by atoms with Crippen molar-refractivity contribution in [1.82, 2.24) is 4.90 Å². The molecule has 0 atom stereocenters. The zero-order chi connectivity index (χ0) is 17.0. The molecule has 0 radical (unpaired) electrons. The Morgan fingerprint density at radius 2 is 1.86 bits per heavy atom. The van der Waals surface area contributed by atoms with E-state index < -0.39 is 10.9 Å². The zero-order valence-corrected chi connectivity index (χ0v) is 13.2. The molecule has 120 valence electrons. The Bertz CT molecular complexity index is 625. The van der Waals surface area contributed by atoms with E-state index >= 15 is 0 Å². The third kappa shape index (κ3) is 3.81. The minimum Gasteiger partial charge on any atom is -0.481 e. The highest BCUT2D eigenvalue weighted by Gasteiger charge is 2.25. The fraction of sp³-hybridized carbons (Fsp3) is 0.467. The maximum atomic E-state index is 12.5. The van der Waals surface area contributed by atoms with E-state index in [9.17, 15) is 19.7 Å². The van der Waals surface area contributed by atoms with E-state index in [1.165, 1.54) is 4.90 Å². The molecule has 22 heavy (non-hydrogen) atoms. The molecule has 0 heterocycles. The molecule has 0 saturated heterocycles. The number of nitro groups is 1. The Labute approximate surface area is 128 Å². The third-order valence-corrected chi connectivity index (χ3v) is 3.56. The van der Waals surface area contributed by atoms with Crippen molar-refractivity contribution in [1.29, 1.82) is 0 Å². The summed E-state index contributed by atoms with van der Waals surface area (Å²) in [6, 6.07) is 1.63. The summed E-state index contributed by atoms with van der Waals surface area (Å²) in [7, 11) is 1.56. The lowest BCUT2D eigenvalue weighted by Gasteiger charge is -2.20. The van der Waals surface area contributed by atoms with Crippen molar-refractivity contribution in [3.05, 3.63) is 38.4 Å². The SMILES string of the molecule is Cc1cc(C)c([N+](=O)[O-])c(C)c1C(=O)N(C)CCCC(=O)O. The summed E-state index contributed by atoms with van der Waals surface area (Å²) in [6.45, 7) is 5.23. The summed E-state index contributed by atoms with van der Waals surface area (Å²) in [5.41, 5.74) is 1.81. The van der Waals surface area contributed by atoms with Crippen LogP contribution >= 0.6 is 0 Å². The van der Waals surface area contributed by atoms with Crippen LogP contribution in [0.1, 0.15) is 39.9 Å². The molecule has 1 aromatic carbocycles. The van der Waals surface area contributed by atoms with E-state index in [0.717, 1.165) is 0 Å². The molecule has 1 N–H and O–H groups in total. The Morgan fingerprint density at radius 1 is 1.27 bits per heavy atom. The van der Waals surface area contributed by atoms with Gasteiger partial charge in [-0.25, -0.2) is 0 Å². The van der Waals surface area contributed by atoms with Crippen molar-refractivity contribution in [2.45, 2.75) is 33.6 Å². The number of hydrogen-bond donors (Lipinski definition) is 1. The van der Waals surface area contributed by atoms with Crippen LogP contribution in [0.2, 0.25) is 0 Å². The fourth-order valence-corrected chi connectivity index (χ4v) is 2.55. The molecule has 1 rings (SSSR count). The number of carbonyl (C=O) groups is 2. The minimum absolute atomic E-state index is 0.0242. The van der Waals surface area contributed by atoms with Gasteiger partial charge in [-0.3, -0.25) is 19.7 Å². The summed E-state index contributed by atoms with van der Waals surface area (Å²) in [5, 5.41) is 19.8. The third-order valence-electron chi connectivity index (χ3n) is 3.56. The quantitative estimate of drug-likeness (QED) is 0.642. The molecule has 1 amide bonds. The average Bonchev–Trinajstić information content (AvgIpc) is 2.36. The number of carboxylic acid groups (broad SMARTS) is 1. The number of nitro benzene ring substituents is 1. The number of hydrogen-bond acceptors (Lipinski definition) is 4. The number of carbonyl (C=O) groups excluding carboxylic acids is 1. The molecule has 0 aliphatic heterocycles. The highest BCUT2D eigenvalue weighted by molar-refractivity contribution is 5.98. The molecule has 0 spiro atoms. The lowest BCUT2D eigenvalue weighted by Crippen LogP contribution is -2.29. The largest absolute Gasteiger partial charge is 0.481 e. The number of aryl methyl sites for hydroxylation is 2. The number of amides is 1. The number of benzene rings is 1. The monoisotopic (exact) mass is 308 g/mol. The van der Waals surface area contributed by atoms with E-state index in [1.807, 2.05) is 0 Å². The summed E-state index contributed by atoms with van der Waals surface area (Å²) >= 11 is 0. The van der Waals surface area contributed by atoms with E-state index in [-0.39, 0.29) is 24.6 Å². The van der Waals surface area contributed by atoms with Gasteiger partial charge in [-0.05, 0) is 38.8 Å². The van der Waals surface area contributed by atoms with Crippen LogP contribution in [0.5, 0.6) is 0 Å². The molecule has 0 fully saturated rings. The molecular weight excluding hydrogens is 288 g/mol. The van der Waals surface area contributed by atoms with Crippen molar-refractivity contribution in [3.8, 4) is 0 Å². The van der Waals surface area contributed by atoms with Crippen LogP contribution in [0.15, 0.2) is 6.07 Å². The van der Waals surface area contributed by atoms with Crippen molar-refractivity contribution < 1.29 is 19.6 Å². The molecule has 0 saturated carbocycles. The van der Waals surface area contributed by atoms with Gasteiger partial charge in [0.2, 0.25) is 0 Å². The Morgan fingerprint density at radius 3 is 2.36 bits per heavy atom. The number of aliphatic carboxylic acids is 1. The molecule has 0 unspecified atom stereocenters. The van der Waals surface area contributed by atoms with Gasteiger partial charge in [-0.2, -0.15) is 0 Å². The Kier molecular flexibility index (Phi) is 5.62. The van der Waals surface area contributed by atoms with Crippen LogP contribution in [-0.2, 0) is 4.79 Å². The minimum atomic E-state index is -0.917. The van der Waals surface area contributed by atoms with Crippen LogP contribution in [0.3, 0.4) is 0 Å². The molecule has 7 nitrogen and oxygen atoms in total. The highest BCUT2D eigenvalue weighted by atomic mass is 16.6. The number of carboxylic acids is 1. The van der Waals surface area contributed by atoms with Gasteiger partial charge in [0.25, 0.3) is 11.6 Å². The van der Waals surface area contributed by atoms with E-state index in [1.54, 1.807) is 33.9 Å². The molecule has 1 aromatic rings. The number of nitrogens with zero attached hydrogens (tertiary/aromatic N) is 2. The van der Waals surface area contributed by atoms with E-state index in [0.29, 0.717) is 28.7 Å². The maximum absolute atomic E-state index is 12.5. The predicted molar refractivity (Wildman–Crippen MR) is 81.1 cm³/mol. The first-order valence-electron chi connectivity index (χ1n) is 6.89. The first kappa shape index (κ1) is 17.6. The summed E-state index contributed by atoms with van der Waals surface area (Å²) in [6.07, 6.45) is 0.313. The molecule has 0 aliphatic rings. The highest BCUT2D eigenvalue weighted by Crippen LogP contribution is 2.29. The average molecular weight is 308 g/mol. The van der Waals surface area contributed by atoms with Gasteiger partial charge in [0, 0.05) is 31.1 Å². The van der Waals surface area contributed by atoms with Gasteiger partial charge in [0.15, 0.2) is 0 Å². The van der Waals surface area contributed by atoms with Crippen LogP contribution in [0, 0.1) is 30.9 Å². The number of rotatable bonds is 6. The van der Waals surface area contributed by atoms with Crippen LogP contribution in [0.25, 0.3) is 0 Å². The van der Waals surface area contributed by atoms with Gasteiger partial charge in [0.05, 0.1) is 10.5 Å². The van der Waals surface area contributed by atoms with Crippen molar-refractivity contribution in [2.24, 2.45) is 0 Å². The van der Waals surface area contributed by atoms with Gasteiger partial charge < -0.3 is 10.0 Å². The lowest BCUT2D eigenvalue weighted by atomic mass is 9.96. The normalized spacial score (nSPS) is 10.4. The molecule has 0 aliphatic carbocycles. The zero-order valence-electron chi connectivity index (χ0n) is 13.2. The van der Waals surface area contributed by atoms with Crippen LogP contribution in [0.4, 0.5) is 5.69 Å². The first-order chi connectivity index (χ1) is 10.2. The Hall–Kier alpha value is -2.44. The van der Waals surface area contributed by atoms with E-state index in [4.69, 9.17) is 5.11 Å². The van der Waals surface area contributed by atoms with Gasteiger partial charge in [-0.1, -0.05) is 0 Å². The summed E-state index contributed by atoms with van der Waals surface area (Å²) in [5.74, 6) is -1.25. The lowest BCUT2D eigenvalue weighted by molar-refractivity contribution is -0.386. The van der Waals surface area contributed by atoms with Crippen molar-refractivity contribution in [2.75, 3.05) is 13.6 Å². The second-order valence-corrected chi connectivity index (χ2v) is 5.34. The van der Waals surface area contributed by atoms with Gasteiger partial charge in [0.1, 0.15) is 0 Å². The standard InChI is InChI=1S/C15H20N2O5/c1-9-8-10(2)14(17(21)22)11(3)13(9)15(20)16(4)7-5-6-12(18)19/h8H,5-7H2,1-4H3,(H,18,19). The maximum Gasteiger partial charge on any atom is 0.303 e. The smallest absolute Gasteiger partial charge is 0.303 e.